The van der Waals surface area contributed by atoms with Crippen LogP contribution in [-0.4, -0.2) is 34.8 Å². The molecule has 0 spiro atoms. The highest BCUT2D eigenvalue weighted by Gasteiger charge is 2.24. The Kier molecular flexibility index (Phi) is 8.14. The Labute approximate surface area is 118 Å². The molecule has 2 atom stereocenters. The molecule has 0 bridgehead atoms. The van der Waals surface area contributed by atoms with Crippen LogP contribution in [-0.2, 0) is 14.4 Å². The second kappa shape index (κ2) is 8.74. The van der Waals surface area contributed by atoms with Crippen LogP contribution in [0.2, 0.25) is 0 Å². The van der Waals surface area contributed by atoms with Crippen LogP contribution < -0.4 is 10.6 Å². The largest absolute Gasteiger partial charge is 0.355 e. The molecule has 19 heavy (non-hydrogen) atoms. The van der Waals surface area contributed by atoms with E-state index in [4.69, 9.17) is 0 Å². The van der Waals surface area contributed by atoms with Gasteiger partial charge in [0.15, 0.2) is 0 Å². The molecule has 5 nitrogen and oxygen atoms in total. The topological polar surface area (TPSA) is 75.3 Å². The summed E-state index contributed by atoms with van der Waals surface area (Å²) in [5.74, 6) is -0.311. The Morgan fingerprint density at radius 3 is 2.11 bits per heavy atom. The van der Waals surface area contributed by atoms with Crippen LogP contribution in [0, 0.1) is 0 Å². The van der Waals surface area contributed by atoms with Gasteiger partial charge in [-0.15, -0.1) is 0 Å². The minimum atomic E-state index is -0.206. The average Bonchev–Trinajstić information content (AvgIpc) is 2.30. The summed E-state index contributed by atoms with van der Waals surface area (Å²) < 4.78 is 0. The standard InChI is InChI=1S/C13H22N2O3S/c1-6-11(15-10(5)17)12(7-14-9(4)16)19-13(18)8(2)3/h11-12H,2,6-7H2,1,3-5H3,(H,14,16)(H,15,17). The first-order valence-electron chi connectivity index (χ1n) is 6.15. The Bertz CT molecular complexity index is 369. The zero-order chi connectivity index (χ0) is 15.0. The molecule has 0 aliphatic heterocycles. The molecule has 6 heteroatoms. The van der Waals surface area contributed by atoms with Crippen molar-refractivity contribution < 1.29 is 14.4 Å². The molecule has 0 saturated heterocycles. The first kappa shape index (κ1) is 17.7. The number of rotatable bonds is 7. The maximum atomic E-state index is 11.7. The van der Waals surface area contributed by atoms with Crippen molar-refractivity contribution in [2.45, 2.75) is 45.4 Å². The SMILES string of the molecule is C=C(C)C(=O)SC(CNC(C)=O)C(CC)NC(C)=O. The van der Waals surface area contributed by atoms with Crippen molar-refractivity contribution in [3.05, 3.63) is 12.2 Å². The number of thioether (sulfide) groups is 1. The summed E-state index contributed by atoms with van der Waals surface area (Å²) in [7, 11) is 0. The van der Waals surface area contributed by atoms with Crippen molar-refractivity contribution >= 4 is 28.7 Å². The minimum Gasteiger partial charge on any atom is -0.355 e. The van der Waals surface area contributed by atoms with Crippen LogP contribution in [0.5, 0.6) is 0 Å². The molecule has 108 valence electrons. The summed E-state index contributed by atoms with van der Waals surface area (Å²) in [5.41, 5.74) is 0.454. The van der Waals surface area contributed by atoms with Gasteiger partial charge in [-0.05, 0) is 18.9 Å². The average molecular weight is 286 g/mol. The normalized spacial score (nSPS) is 13.3. The monoisotopic (exact) mass is 286 g/mol. The van der Waals surface area contributed by atoms with Crippen molar-refractivity contribution in [1.29, 1.82) is 0 Å². The molecular weight excluding hydrogens is 264 g/mol. The second-order valence-corrected chi connectivity index (χ2v) is 5.59. The number of carbonyl (C=O) groups is 3. The zero-order valence-electron chi connectivity index (χ0n) is 11.9. The van der Waals surface area contributed by atoms with Gasteiger partial charge in [-0.1, -0.05) is 25.3 Å². The fourth-order valence-electron chi connectivity index (χ4n) is 1.47. The summed E-state index contributed by atoms with van der Waals surface area (Å²) in [4.78, 5) is 33.9. The third-order valence-electron chi connectivity index (χ3n) is 2.44. The van der Waals surface area contributed by atoms with Crippen LogP contribution in [0.1, 0.15) is 34.1 Å². The van der Waals surface area contributed by atoms with Crippen LogP contribution in [0.3, 0.4) is 0 Å². The van der Waals surface area contributed by atoms with Gasteiger partial charge in [0, 0.05) is 26.4 Å². The van der Waals surface area contributed by atoms with Gasteiger partial charge in [-0.3, -0.25) is 14.4 Å². The van der Waals surface area contributed by atoms with Gasteiger partial charge in [-0.25, -0.2) is 0 Å². The molecule has 0 aromatic carbocycles. The first-order chi connectivity index (χ1) is 8.77. The van der Waals surface area contributed by atoms with E-state index < -0.39 is 0 Å². The van der Waals surface area contributed by atoms with Crippen LogP contribution >= 0.6 is 11.8 Å². The van der Waals surface area contributed by atoms with Gasteiger partial charge in [-0.2, -0.15) is 0 Å². The quantitative estimate of drug-likeness (QED) is 0.691. The molecule has 0 saturated carbocycles. The van der Waals surface area contributed by atoms with E-state index in [0.29, 0.717) is 18.5 Å². The van der Waals surface area contributed by atoms with E-state index in [1.807, 2.05) is 6.92 Å². The van der Waals surface area contributed by atoms with E-state index in [2.05, 4.69) is 17.2 Å². The lowest BCUT2D eigenvalue weighted by molar-refractivity contribution is -0.119. The molecule has 0 fully saturated rings. The van der Waals surface area contributed by atoms with E-state index in [1.165, 1.54) is 13.8 Å². The highest BCUT2D eigenvalue weighted by Crippen LogP contribution is 2.20. The summed E-state index contributed by atoms with van der Waals surface area (Å²) in [5, 5.41) is 5.16. The molecule has 0 aliphatic carbocycles. The van der Waals surface area contributed by atoms with Crippen molar-refractivity contribution in [1.82, 2.24) is 10.6 Å². The Balaban J connectivity index is 4.79. The predicted octanol–water partition coefficient (Wildman–Crippen LogP) is 1.24. The van der Waals surface area contributed by atoms with E-state index in [9.17, 15) is 14.4 Å². The molecule has 0 aromatic heterocycles. The number of amides is 2. The van der Waals surface area contributed by atoms with E-state index >= 15 is 0 Å². The Hall–Kier alpha value is -1.30. The Morgan fingerprint density at radius 1 is 1.16 bits per heavy atom. The van der Waals surface area contributed by atoms with Gasteiger partial charge in [0.2, 0.25) is 16.9 Å². The number of nitrogens with one attached hydrogen (secondary N) is 2. The summed E-state index contributed by atoms with van der Waals surface area (Å²) in [6.07, 6.45) is 0.681. The predicted molar refractivity (Wildman–Crippen MR) is 77.8 cm³/mol. The zero-order valence-corrected chi connectivity index (χ0v) is 12.7. The van der Waals surface area contributed by atoms with E-state index in [-0.39, 0.29) is 28.2 Å². The van der Waals surface area contributed by atoms with Gasteiger partial charge in [0.25, 0.3) is 0 Å². The summed E-state index contributed by atoms with van der Waals surface area (Å²) in [6, 6.07) is -0.169. The summed E-state index contributed by atoms with van der Waals surface area (Å²) in [6.45, 7) is 10.4. The number of carbonyl (C=O) groups excluding carboxylic acids is 3. The van der Waals surface area contributed by atoms with E-state index in [0.717, 1.165) is 11.8 Å². The van der Waals surface area contributed by atoms with Crippen molar-refractivity contribution in [2.75, 3.05) is 6.54 Å². The number of hydrogen-bond acceptors (Lipinski definition) is 4. The summed E-state index contributed by atoms with van der Waals surface area (Å²) >= 11 is 1.10. The Morgan fingerprint density at radius 2 is 1.74 bits per heavy atom. The van der Waals surface area contributed by atoms with Gasteiger partial charge in [0.05, 0.1) is 5.25 Å². The maximum Gasteiger partial charge on any atom is 0.217 e. The third-order valence-corrected chi connectivity index (χ3v) is 3.80. The van der Waals surface area contributed by atoms with Crippen LogP contribution in [0.15, 0.2) is 12.2 Å². The van der Waals surface area contributed by atoms with Crippen LogP contribution in [0.25, 0.3) is 0 Å². The lowest BCUT2D eigenvalue weighted by atomic mass is 10.1. The van der Waals surface area contributed by atoms with E-state index in [1.54, 1.807) is 6.92 Å². The van der Waals surface area contributed by atoms with Crippen molar-refractivity contribution in [3.8, 4) is 0 Å². The first-order valence-corrected chi connectivity index (χ1v) is 7.03. The molecular formula is C13H22N2O3S. The molecule has 0 aromatic rings. The highest BCUT2D eigenvalue weighted by molar-refractivity contribution is 8.14. The molecule has 0 heterocycles. The van der Waals surface area contributed by atoms with Gasteiger partial charge in [0.1, 0.15) is 0 Å². The second-order valence-electron chi connectivity index (χ2n) is 4.38. The third kappa shape index (κ3) is 7.66. The highest BCUT2D eigenvalue weighted by atomic mass is 32.2. The van der Waals surface area contributed by atoms with Gasteiger partial charge < -0.3 is 10.6 Å². The molecule has 2 N–H and O–H groups in total. The number of hydrogen-bond donors (Lipinski definition) is 2. The molecule has 0 rings (SSSR count). The molecule has 0 radical (unpaired) electrons. The smallest absolute Gasteiger partial charge is 0.217 e. The minimum absolute atomic E-state index is 0.126. The van der Waals surface area contributed by atoms with Crippen molar-refractivity contribution in [2.24, 2.45) is 0 Å². The maximum absolute atomic E-state index is 11.7. The molecule has 2 unspecified atom stereocenters. The van der Waals surface area contributed by atoms with Gasteiger partial charge >= 0.3 is 0 Å². The fourth-order valence-corrected chi connectivity index (χ4v) is 2.54. The lowest BCUT2D eigenvalue weighted by Gasteiger charge is -2.26. The van der Waals surface area contributed by atoms with Crippen LogP contribution in [0.4, 0.5) is 0 Å². The van der Waals surface area contributed by atoms with Crippen molar-refractivity contribution in [3.63, 3.8) is 0 Å². The fraction of sp³-hybridized carbons (Fsp3) is 0.615. The molecule has 0 aliphatic rings. The lowest BCUT2D eigenvalue weighted by Crippen LogP contribution is -2.46. The molecule has 2 amide bonds.